The van der Waals surface area contributed by atoms with Crippen molar-refractivity contribution < 1.29 is 166 Å². The molecule has 252 valence electrons. The van der Waals surface area contributed by atoms with Crippen molar-refractivity contribution in [1.82, 2.24) is 0 Å². The molecule has 0 aromatic rings. The van der Waals surface area contributed by atoms with E-state index in [1.165, 1.54) is 0 Å². The van der Waals surface area contributed by atoms with Gasteiger partial charge in [-0.25, -0.2) is 0 Å². The molecule has 0 saturated heterocycles. The fourth-order valence-electron chi connectivity index (χ4n) is 0. The van der Waals surface area contributed by atoms with Crippen molar-refractivity contribution in [3.05, 3.63) is 72.3 Å². The Hall–Kier alpha value is -1.70. The van der Waals surface area contributed by atoms with Gasteiger partial charge in [0.1, 0.15) is 0 Å². The minimum absolute atomic E-state index is 0. The zero-order valence-corrected chi connectivity index (χ0v) is 28.8. The van der Waals surface area contributed by atoms with E-state index in [0.29, 0.717) is 26.4 Å². The maximum Gasteiger partial charge on any atom is 3.00 e. The van der Waals surface area contributed by atoms with Crippen LogP contribution in [-0.4, -0.2) is 119 Å². The Morgan fingerprint density at radius 2 is 0.341 bits per heavy atom. The monoisotopic (exact) mass is 788 g/mol. The number of carbonyl (C=O) groups is 8. The molecule has 0 saturated carbocycles. The van der Waals surface area contributed by atoms with Crippen LogP contribution in [0.25, 0.3) is 45.9 Å². The normalized spacial score (nSPS) is 4.91. The predicted octanol–water partition coefficient (Wildman–Crippen LogP) is -0.398. The van der Waals surface area contributed by atoms with Crippen LogP contribution in [0.3, 0.4) is 0 Å². The van der Waals surface area contributed by atoms with Gasteiger partial charge in [0.15, 0.2) is 0 Å². The molecule has 0 aliphatic rings. The van der Waals surface area contributed by atoms with Gasteiger partial charge in [-0.3, -0.25) is 0 Å². The quantitative estimate of drug-likeness (QED) is 0.102. The Morgan fingerprint density at radius 1 is 0.318 bits per heavy atom. The molecule has 0 aromatic carbocycles. The molecule has 0 atom stereocenters. The molecular formula is C16H36N8O16Ti4. The average molecular weight is 788 g/mol. The number of hydrogen-bond acceptors (Lipinski definition) is 16. The van der Waals surface area contributed by atoms with Crippen LogP contribution < -0.4 is 0 Å². The third-order valence-electron chi connectivity index (χ3n) is 0.327. The first-order valence-electron chi connectivity index (χ1n) is 8.13. The standard InChI is InChI=1S/4C2H5O2.8CH3NO.4Ti/c4*3-1-2-4;8*2-1-3;;;;/h4*1,3-4H,2H2;8*1H,(H2,2,3);;;;/q4*-1;;;;;;;;;4*+3/p-8. The van der Waals surface area contributed by atoms with Gasteiger partial charge in [0.2, 0.25) is 0 Å². The molecule has 0 aromatic heterocycles. The summed E-state index contributed by atoms with van der Waals surface area (Å²) in [6.07, 6.45) is 0. The Labute approximate surface area is 314 Å². The molecule has 8 amide bonds. The second-order valence-corrected chi connectivity index (χ2v) is 2.40. The van der Waals surface area contributed by atoms with E-state index in [2.05, 4.69) is 0 Å². The van der Waals surface area contributed by atoms with Gasteiger partial charge in [-0.2, -0.15) is 26.4 Å². The minimum Gasteiger partial charge on any atom is -0.671 e. The fourth-order valence-corrected chi connectivity index (χ4v) is 0. The summed E-state index contributed by atoms with van der Waals surface area (Å²) in [5.41, 5.74) is 44.2. The van der Waals surface area contributed by atoms with Crippen LogP contribution >= 0.6 is 0 Å². The maximum absolute atomic E-state index is 8.47. The predicted molar refractivity (Wildman–Crippen MR) is 136 cm³/mol. The molecular weight excluding hydrogens is 752 g/mol. The molecule has 0 bridgehead atoms. The second-order valence-electron chi connectivity index (χ2n) is 2.40. The molecule has 0 spiro atoms. The molecule has 0 aliphatic carbocycles. The summed E-state index contributed by atoms with van der Waals surface area (Å²) < 4.78 is 0. The molecule has 0 rings (SSSR count). The summed E-state index contributed by atoms with van der Waals surface area (Å²) in [7, 11) is 0. The first-order chi connectivity index (χ1) is 19.0. The van der Waals surface area contributed by atoms with E-state index in [1.807, 2.05) is 0 Å². The second kappa shape index (κ2) is 328. The van der Waals surface area contributed by atoms with Gasteiger partial charge >= 0.3 is 86.9 Å². The third-order valence-corrected chi connectivity index (χ3v) is 0.327. The van der Waals surface area contributed by atoms with E-state index in [9.17, 15) is 0 Å². The van der Waals surface area contributed by atoms with Gasteiger partial charge in [-0.15, -0.1) is 0 Å². The first kappa shape index (κ1) is 104. The molecule has 24 nitrogen and oxygen atoms in total. The summed E-state index contributed by atoms with van der Waals surface area (Å²) in [5, 5.41) is 60.3. The van der Waals surface area contributed by atoms with Gasteiger partial charge in [-0.05, 0) is 0 Å². The van der Waals surface area contributed by atoms with E-state index in [4.69, 9.17) is 125 Å². The van der Waals surface area contributed by atoms with Crippen molar-refractivity contribution in [3.63, 3.8) is 0 Å². The van der Waals surface area contributed by atoms with Crippen LogP contribution in [0.1, 0.15) is 0 Å². The number of carbonyl (C=O) groups excluding carboxylic acids is 8. The van der Waals surface area contributed by atoms with Gasteiger partial charge < -0.3 is 125 Å². The van der Waals surface area contributed by atoms with Gasteiger partial charge in [0.05, 0.1) is 0 Å². The minimum atomic E-state index is -0.250. The Bertz CT molecular complexity index is 288. The van der Waals surface area contributed by atoms with Crippen molar-refractivity contribution in [3.8, 4) is 0 Å². The number of hydrogen-bond donors (Lipinski definition) is 8. The van der Waals surface area contributed by atoms with Crippen LogP contribution in [0.4, 0.5) is 0 Å². The van der Waals surface area contributed by atoms with E-state index >= 15 is 0 Å². The van der Waals surface area contributed by atoms with Crippen LogP contribution in [0.2, 0.25) is 0 Å². The van der Waals surface area contributed by atoms with Crippen LogP contribution in [0, 0.1) is 26.4 Å². The summed E-state index contributed by atoms with van der Waals surface area (Å²) in [6, 6.07) is 0. The Morgan fingerprint density at radius 3 is 0.341 bits per heavy atom. The topological polar surface area (TPSA) is 489 Å². The molecule has 44 heavy (non-hydrogen) atoms. The van der Waals surface area contributed by atoms with Crippen LogP contribution in [0.5, 0.6) is 0 Å². The number of nitrogens with one attached hydrogen (secondary N) is 8. The first-order valence-corrected chi connectivity index (χ1v) is 8.13. The van der Waals surface area contributed by atoms with Crippen molar-refractivity contribution in [2.45, 2.75) is 0 Å². The summed E-state index contributed by atoms with van der Waals surface area (Å²) in [5.74, 6) is 0. The van der Waals surface area contributed by atoms with Crippen LogP contribution in [-0.2, 0) is 125 Å². The fraction of sp³-hybridized carbons (Fsp3) is 0.250. The van der Waals surface area contributed by atoms with E-state index < -0.39 is 0 Å². The van der Waals surface area contributed by atoms with E-state index in [0.717, 1.165) is 0 Å². The molecule has 0 unspecified atom stereocenters. The van der Waals surface area contributed by atoms with Gasteiger partial charge in [0, 0.05) is 51.3 Å². The number of aliphatic hydroxyl groups is 8. The summed E-state index contributed by atoms with van der Waals surface area (Å²) in [6.45, 7) is 1.72. The van der Waals surface area contributed by atoms with Crippen molar-refractivity contribution >= 4 is 51.3 Å². The van der Waals surface area contributed by atoms with E-state index in [-0.39, 0.29) is 165 Å². The summed E-state index contributed by atoms with van der Waals surface area (Å²) in [4.78, 5) is 67.8. The smallest absolute Gasteiger partial charge is 0.671 e. The van der Waals surface area contributed by atoms with Gasteiger partial charge in [-0.1, -0.05) is 26.4 Å². The number of aliphatic hydroxyl groups excluding tert-OH is 8. The molecule has 0 fully saturated rings. The number of rotatable bonds is 4. The largest absolute Gasteiger partial charge is 3.00 e. The SMILES string of the molecule is O[CH-]CO.O[CH-]CO.O[CH-]CO.O[CH-]CO.[NH-]C=O.[NH-]C=O.[NH-]C=O.[NH-]C=O.[NH-]C=O.[NH-]C=O.[NH-]C=O.[NH-]C=O.[Ti+3].[Ti+3].[Ti+3].[Ti+3]. The third kappa shape index (κ3) is 11800. The molecule has 0 heterocycles. The Kier molecular flexibility index (Phi) is 778. The zero-order chi connectivity index (χ0) is 35.3. The average Bonchev–Trinajstić information content (AvgIpc) is 2.92. The molecule has 16 N–H and O–H groups in total. The zero-order valence-electron chi connectivity index (χ0n) is 22.6. The molecule has 4 radical (unpaired) electrons. The number of amides is 8. The van der Waals surface area contributed by atoms with E-state index in [1.54, 1.807) is 0 Å². The molecule has 0 aliphatic heterocycles. The van der Waals surface area contributed by atoms with Crippen molar-refractivity contribution in [2.75, 3.05) is 26.4 Å². The summed E-state index contributed by atoms with van der Waals surface area (Å²) >= 11 is 0. The molecule has 28 heteroatoms. The van der Waals surface area contributed by atoms with Crippen molar-refractivity contribution in [1.29, 1.82) is 0 Å². The van der Waals surface area contributed by atoms with Crippen LogP contribution in [0.15, 0.2) is 0 Å². The maximum atomic E-state index is 8.47. The Balaban J connectivity index is -0.0000000138. The van der Waals surface area contributed by atoms with Crippen molar-refractivity contribution in [2.24, 2.45) is 0 Å². The van der Waals surface area contributed by atoms with Gasteiger partial charge in [0.25, 0.3) is 0 Å².